The highest BCUT2D eigenvalue weighted by molar-refractivity contribution is 7.92. The van der Waals surface area contributed by atoms with Gasteiger partial charge in [-0.3, -0.25) is 9.40 Å². The minimum atomic E-state index is -4.03. The van der Waals surface area contributed by atoms with Gasteiger partial charge in [-0.1, -0.05) is 0 Å². The van der Waals surface area contributed by atoms with Gasteiger partial charge in [0.05, 0.1) is 18.4 Å². The Balaban J connectivity index is 2.28. The average Bonchev–Trinajstić information content (AvgIpc) is 2.83. The van der Waals surface area contributed by atoms with Crippen LogP contribution in [0.25, 0.3) is 0 Å². The molecule has 0 amide bonds. The molecule has 0 saturated carbocycles. The molecular weight excluding hydrogens is 290 g/mol. The van der Waals surface area contributed by atoms with Crippen LogP contribution in [0.1, 0.15) is 0 Å². The molecule has 1 aromatic heterocycles. The number of sulfonamides is 1. The van der Waals surface area contributed by atoms with Gasteiger partial charge < -0.3 is 5.73 Å². The number of aromatic nitrogens is 2. The molecule has 20 heavy (non-hydrogen) atoms. The zero-order valence-electron chi connectivity index (χ0n) is 10.3. The number of anilines is 1. The van der Waals surface area contributed by atoms with Gasteiger partial charge in [0, 0.05) is 18.8 Å². The Kier molecular flexibility index (Phi) is 4.00. The molecular formula is C11H12F2N4O2S. The molecule has 108 valence electrons. The van der Waals surface area contributed by atoms with E-state index in [0.29, 0.717) is 13.1 Å². The van der Waals surface area contributed by atoms with Crippen molar-refractivity contribution in [2.75, 3.05) is 11.3 Å². The van der Waals surface area contributed by atoms with Crippen molar-refractivity contribution in [3.63, 3.8) is 0 Å². The molecule has 0 saturated heterocycles. The molecule has 3 N–H and O–H groups in total. The summed E-state index contributed by atoms with van der Waals surface area (Å²) < 4.78 is 53.7. The van der Waals surface area contributed by atoms with Crippen LogP contribution >= 0.6 is 0 Å². The minimum absolute atomic E-state index is 0.158. The van der Waals surface area contributed by atoms with Gasteiger partial charge in [-0.2, -0.15) is 5.10 Å². The maximum Gasteiger partial charge on any atom is 0.265 e. The highest BCUT2D eigenvalue weighted by Crippen LogP contribution is 2.19. The summed E-state index contributed by atoms with van der Waals surface area (Å²) in [4.78, 5) is -0.158. The van der Waals surface area contributed by atoms with Gasteiger partial charge in [0.1, 0.15) is 16.5 Å². The largest absolute Gasteiger partial charge is 0.329 e. The summed E-state index contributed by atoms with van der Waals surface area (Å²) in [5.41, 5.74) is 4.86. The van der Waals surface area contributed by atoms with Crippen molar-refractivity contribution in [2.24, 2.45) is 5.73 Å². The number of nitrogens with zero attached hydrogens (tertiary/aromatic N) is 2. The van der Waals surface area contributed by atoms with Crippen molar-refractivity contribution in [3.05, 3.63) is 42.2 Å². The standard InChI is InChI=1S/C11H12F2N4O2S/c12-8-1-2-10(13)11(5-8)16-20(18,19)9-6-15-17(7-9)4-3-14/h1-2,5-7,16H,3-4,14H2. The van der Waals surface area contributed by atoms with Crippen molar-refractivity contribution in [2.45, 2.75) is 11.4 Å². The van der Waals surface area contributed by atoms with Gasteiger partial charge in [0.2, 0.25) is 0 Å². The molecule has 0 aliphatic carbocycles. The lowest BCUT2D eigenvalue weighted by molar-refractivity contribution is 0.593. The lowest BCUT2D eigenvalue weighted by atomic mass is 10.3. The van der Waals surface area contributed by atoms with Crippen molar-refractivity contribution in [3.8, 4) is 0 Å². The molecule has 2 rings (SSSR count). The molecule has 2 aromatic rings. The van der Waals surface area contributed by atoms with Crippen LogP contribution in [0.5, 0.6) is 0 Å². The molecule has 0 spiro atoms. The van der Waals surface area contributed by atoms with Crippen LogP contribution in [0.3, 0.4) is 0 Å². The number of hydrogen-bond donors (Lipinski definition) is 2. The van der Waals surface area contributed by atoms with Crippen LogP contribution in [0, 0.1) is 11.6 Å². The minimum Gasteiger partial charge on any atom is -0.329 e. The first-order chi connectivity index (χ1) is 9.42. The predicted octanol–water partition coefficient (Wildman–Crippen LogP) is 0.921. The fourth-order valence-corrected chi connectivity index (χ4v) is 2.53. The summed E-state index contributed by atoms with van der Waals surface area (Å²) in [5.74, 6) is -1.62. The van der Waals surface area contributed by atoms with E-state index in [1.807, 2.05) is 4.72 Å². The Morgan fingerprint density at radius 3 is 2.80 bits per heavy atom. The normalized spacial score (nSPS) is 11.6. The van der Waals surface area contributed by atoms with Crippen LogP contribution in [-0.2, 0) is 16.6 Å². The van der Waals surface area contributed by atoms with E-state index in [-0.39, 0.29) is 4.90 Å². The highest BCUT2D eigenvalue weighted by Gasteiger charge is 2.18. The SMILES string of the molecule is NCCn1cc(S(=O)(=O)Nc2cc(F)ccc2F)cn1. The predicted molar refractivity (Wildman–Crippen MR) is 68.4 cm³/mol. The van der Waals surface area contributed by atoms with Gasteiger partial charge >= 0.3 is 0 Å². The van der Waals surface area contributed by atoms with Gasteiger partial charge in [-0.15, -0.1) is 0 Å². The van der Waals surface area contributed by atoms with E-state index < -0.39 is 27.3 Å². The first kappa shape index (κ1) is 14.4. The van der Waals surface area contributed by atoms with Crippen LogP contribution in [0.15, 0.2) is 35.5 Å². The zero-order valence-corrected chi connectivity index (χ0v) is 11.1. The zero-order chi connectivity index (χ0) is 14.8. The van der Waals surface area contributed by atoms with E-state index in [9.17, 15) is 17.2 Å². The van der Waals surface area contributed by atoms with Crippen molar-refractivity contribution < 1.29 is 17.2 Å². The first-order valence-electron chi connectivity index (χ1n) is 5.63. The van der Waals surface area contributed by atoms with Crippen LogP contribution in [0.2, 0.25) is 0 Å². The lowest BCUT2D eigenvalue weighted by Crippen LogP contribution is -2.14. The Bertz CT molecular complexity index is 715. The van der Waals surface area contributed by atoms with Gasteiger partial charge in [0.15, 0.2) is 0 Å². The summed E-state index contributed by atoms with van der Waals surface area (Å²) >= 11 is 0. The van der Waals surface area contributed by atoms with E-state index in [1.165, 1.54) is 10.9 Å². The maximum absolute atomic E-state index is 13.4. The lowest BCUT2D eigenvalue weighted by Gasteiger charge is -2.07. The number of benzene rings is 1. The second kappa shape index (κ2) is 5.55. The molecule has 0 aliphatic heterocycles. The summed E-state index contributed by atoms with van der Waals surface area (Å²) in [5, 5.41) is 3.80. The van der Waals surface area contributed by atoms with Gasteiger partial charge in [-0.25, -0.2) is 17.2 Å². The second-order valence-corrected chi connectivity index (χ2v) is 5.64. The fourth-order valence-electron chi connectivity index (χ4n) is 1.52. The molecule has 0 atom stereocenters. The number of rotatable bonds is 5. The molecule has 0 aliphatic rings. The Morgan fingerprint density at radius 1 is 1.35 bits per heavy atom. The van der Waals surface area contributed by atoms with Crippen LogP contribution in [0.4, 0.5) is 14.5 Å². The first-order valence-corrected chi connectivity index (χ1v) is 7.11. The van der Waals surface area contributed by atoms with Crippen LogP contribution in [-0.4, -0.2) is 24.7 Å². The summed E-state index contributed by atoms with van der Waals surface area (Å²) in [6.45, 7) is 0.650. The monoisotopic (exact) mass is 302 g/mol. The smallest absolute Gasteiger partial charge is 0.265 e. The van der Waals surface area contributed by atoms with Crippen LogP contribution < -0.4 is 10.5 Å². The second-order valence-electron chi connectivity index (χ2n) is 3.96. The quantitative estimate of drug-likeness (QED) is 0.859. The molecule has 6 nitrogen and oxygen atoms in total. The topological polar surface area (TPSA) is 90.0 Å². The molecule has 1 heterocycles. The molecule has 9 heteroatoms. The number of hydrogen-bond acceptors (Lipinski definition) is 4. The van der Waals surface area contributed by atoms with E-state index >= 15 is 0 Å². The average molecular weight is 302 g/mol. The summed E-state index contributed by atoms with van der Waals surface area (Å²) in [6.07, 6.45) is 2.36. The van der Waals surface area contributed by atoms with Crippen molar-refractivity contribution in [1.82, 2.24) is 9.78 Å². The number of nitrogens with one attached hydrogen (secondary N) is 1. The number of halogens is 2. The van der Waals surface area contributed by atoms with Gasteiger partial charge in [-0.05, 0) is 12.1 Å². The maximum atomic E-state index is 13.4. The Morgan fingerprint density at radius 2 is 2.10 bits per heavy atom. The highest BCUT2D eigenvalue weighted by atomic mass is 32.2. The van der Waals surface area contributed by atoms with Crippen molar-refractivity contribution in [1.29, 1.82) is 0 Å². The molecule has 0 unspecified atom stereocenters. The van der Waals surface area contributed by atoms with Crippen molar-refractivity contribution >= 4 is 15.7 Å². The van der Waals surface area contributed by atoms with Gasteiger partial charge in [0.25, 0.3) is 10.0 Å². The van der Waals surface area contributed by atoms with E-state index in [4.69, 9.17) is 5.73 Å². The molecule has 0 fully saturated rings. The fraction of sp³-hybridized carbons (Fsp3) is 0.182. The number of nitrogens with two attached hydrogens (primary N) is 1. The summed E-state index contributed by atoms with van der Waals surface area (Å²) in [6, 6.07) is 2.49. The molecule has 1 aromatic carbocycles. The third-order valence-corrected chi connectivity index (χ3v) is 3.77. The van der Waals surface area contributed by atoms with E-state index in [0.717, 1.165) is 24.4 Å². The third kappa shape index (κ3) is 3.11. The van der Waals surface area contributed by atoms with E-state index in [1.54, 1.807) is 0 Å². The third-order valence-electron chi connectivity index (χ3n) is 2.45. The Labute approximate surface area is 114 Å². The Hall–Kier alpha value is -2.00. The van der Waals surface area contributed by atoms with E-state index in [2.05, 4.69) is 5.10 Å². The molecule has 0 radical (unpaired) electrons. The molecule has 0 bridgehead atoms. The summed E-state index contributed by atoms with van der Waals surface area (Å²) in [7, 11) is -4.03.